The van der Waals surface area contributed by atoms with Crippen molar-refractivity contribution in [3.05, 3.63) is 59.7 Å². The Kier molecular flexibility index (Phi) is 5.63. The van der Waals surface area contributed by atoms with Crippen LogP contribution in [0, 0.1) is 5.41 Å². The van der Waals surface area contributed by atoms with E-state index in [4.69, 9.17) is 9.47 Å². The molecule has 0 N–H and O–H groups in total. The molecule has 2 aromatic carbocycles. The molecular weight excluding hydrogens is 346 g/mol. The Morgan fingerprint density at radius 3 is 2.46 bits per heavy atom. The van der Waals surface area contributed by atoms with Gasteiger partial charge in [-0.25, -0.2) is 0 Å². The first-order valence-electron chi connectivity index (χ1n) is 10.7. The van der Waals surface area contributed by atoms with Crippen molar-refractivity contribution >= 4 is 0 Å². The minimum absolute atomic E-state index is 0.230. The molecule has 0 radical (unpaired) electrons. The molecule has 28 heavy (non-hydrogen) atoms. The van der Waals surface area contributed by atoms with E-state index in [2.05, 4.69) is 67.3 Å². The van der Waals surface area contributed by atoms with Crippen molar-refractivity contribution in [2.75, 3.05) is 20.2 Å². The molecule has 1 heterocycles. The Morgan fingerprint density at radius 1 is 1.00 bits per heavy atom. The van der Waals surface area contributed by atoms with E-state index < -0.39 is 0 Å². The lowest BCUT2D eigenvalue weighted by molar-refractivity contribution is 0.200. The molecule has 1 aliphatic heterocycles. The van der Waals surface area contributed by atoms with Crippen LogP contribution in [0.5, 0.6) is 11.5 Å². The largest absolute Gasteiger partial charge is 0.493 e. The van der Waals surface area contributed by atoms with Crippen LogP contribution in [0.2, 0.25) is 0 Å². The maximum absolute atomic E-state index is 6.35. The van der Waals surface area contributed by atoms with Gasteiger partial charge >= 0.3 is 0 Å². The maximum atomic E-state index is 6.35. The second kappa shape index (κ2) is 8.16. The van der Waals surface area contributed by atoms with Crippen LogP contribution in [0.3, 0.4) is 0 Å². The summed E-state index contributed by atoms with van der Waals surface area (Å²) in [5.74, 6) is 2.27. The van der Waals surface area contributed by atoms with Gasteiger partial charge in [0.25, 0.3) is 0 Å². The summed E-state index contributed by atoms with van der Waals surface area (Å²) >= 11 is 0. The third-order valence-corrected chi connectivity index (χ3v) is 6.45. The standard InChI is InChI=1S/C25H33NO2/c1-25(2)18-26(16-19-9-5-4-6-10-19)17-22(25)20-13-14-23(27-3)24(15-20)28-21-11-7-8-12-21/h4-6,9-10,13-15,21-22H,7-8,11-12,16-18H2,1-3H3/t22-/m0/s1. The normalized spacial score (nSPS) is 22.5. The van der Waals surface area contributed by atoms with Crippen molar-refractivity contribution < 1.29 is 9.47 Å². The van der Waals surface area contributed by atoms with Gasteiger partial charge in [0, 0.05) is 25.6 Å². The van der Waals surface area contributed by atoms with E-state index in [0.29, 0.717) is 12.0 Å². The van der Waals surface area contributed by atoms with E-state index in [1.165, 1.54) is 24.0 Å². The molecule has 1 saturated carbocycles. The van der Waals surface area contributed by atoms with Gasteiger partial charge in [-0.15, -0.1) is 0 Å². The number of hydrogen-bond donors (Lipinski definition) is 0. The second-order valence-corrected chi connectivity index (χ2v) is 9.13. The quantitative estimate of drug-likeness (QED) is 0.648. The molecule has 2 fully saturated rings. The molecule has 4 rings (SSSR count). The number of likely N-dealkylation sites (tertiary alicyclic amines) is 1. The van der Waals surface area contributed by atoms with Crippen molar-refractivity contribution in [3.63, 3.8) is 0 Å². The summed E-state index contributed by atoms with van der Waals surface area (Å²) in [5.41, 5.74) is 2.99. The summed E-state index contributed by atoms with van der Waals surface area (Å²) in [6.45, 7) is 7.99. The van der Waals surface area contributed by atoms with E-state index in [1.54, 1.807) is 7.11 Å². The molecule has 3 heteroatoms. The van der Waals surface area contributed by atoms with Gasteiger partial charge in [-0.05, 0) is 54.4 Å². The molecule has 3 nitrogen and oxygen atoms in total. The monoisotopic (exact) mass is 379 g/mol. The highest BCUT2D eigenvalue weighted by molar-refractivity contribution is 5.45. The molecule has 1 aliphatic carbocycles. The Balaban J connectivity index is 1.53. The van der Waals surface area contributed by atoms with Crippen LogP contribution in [-0.2, 0) is 6.54 Å². The first-order valence-corrected chi connectivity index (χ1v) is 10.7. The minimum atomic E-state index is 0.230. The Morgan fingerprint density at radius 2 is 1.75 bits per heavy atom. The van der Waals surface area contributed by atoms with E-state index in [0.717, 1.165) is 44.0 Å². The molecule has 2 aromatic rings. The van der Waals surface area contributed by atoms with Crippen LogP contribution < -0.4 is 9.47 Å². The lowest BCUT2D eigenvalue weighted by Gasteiger charge is -2.27. The van der Waals surface area contributed by atoms with Gasteiger partial charge in [-0.2, -0.15) is 0 Å². The van der Waals surface area contributed by atoms with Crippen molar-refractivity contribution in [2.24, 2.45) is 5.41 Å². The second-order valence-electron chi connectivity index (χ2n) is 9.13. The number of ether oxygens (including phenoxy) is 2. The summed E-state index contributed by atoms with van der Waals surface area (Å²) in [4.78, 5) is 2.59. The van der Waals surface area contributed by atoms with Crippen molar-refractivity contribution in [1.82, 2.24) is 4.90 Å². The fourth-order valence-corrected chi connectivity index (χ4v) is 4.96. The van der Waals surface area contributed by atoms with Crippen molar-refractivity contribution in [3.8, 4) is 11.5 Å². The van der Waals surface area contributed by atoms with Crippen molar-refractivity contribution in [2.45, 2.75) is 58.1 Å². The SMILES string of the molecule is COc1ccc([C@@H]2CN(Cc3ccccc3)CC2(C)C)cc1OC1CCCC1. The summed E-state index contributed by atoms with van der Waals surface area (Å²) in [5, 5.41) is 0. The fraction of sp³-hybridized carbons (Fsp3) is 0.520. The lowest BCUT2D eigenvalue weighted by atomic mass is 9.78. The zero-order chi connectivity index (χ0) is 19.6. The van der Waals surface area contributed by atoms with Gasteiger partial charge in [0.1, 0.15) is 0 Å². The van der Waals surface area contributed by atoms with Crippen LogP contribution in [0.1, 0.15) is 56.6 Å². The van der Waals surface area contributed by atoms with E-state index >= 15 is 0 Å². The summed E-state index contributed by atoms with van der Waals surface area (Å²) in [7, 11) is 1.73. The van der Waals surface area contributed by atoms with E-state index in [9.17, 15) is 0 Å². The summed E-state index contributed by atoms with van der Waals surface area (Å²) in [6, 6.07) is 17.4. The van der Waals surface area contributed by atoms with E-state index in [-0.39, 0.29) is 5.41 Å². The number of benzene rings is 2. The molecule has 150 valence electrons. The summed E-state index contributed by atoms with van der Waals surface area (Å²) < 4.78 is 11.9. The van der Waals surface area contributed by atoms with Crippen LogP contribution in [-0.4, -0.2) is 31.2 Å². The van der Waals surface area contributed by atoms with Gasteiger partial charge in [-0.1, -0.05) is 50.2 Å². The Bertz CT molecular complexity index is 780. The molecule has 0 bridgehead atoms. The number of nitrogens with zero attached hydrogens (tertiary/aromatic N) is 1. The first-order chi connectivity index (χ1) is 13.5. The van der Waals surface area contributed by atoms with Gasteiger partial charge in [0.15, 0.2) is 11.5 Å². The van der Waals surface area contributed by atoms with Gasteiger partial charge in [-0.3, -0.25) is 4.90 Å². The van der Waals surface area contributed by atoms with Gasteiger partial charge in [0.05, 0.1) is 13.2 Å². The lowest BCUT2D eigenvalue weighted by Crippen LogP contribution is -2.23. The fourth-order valence-electron chi connectivity index (χ4n) is 4.96. The molecule has 0 unspecified atom stereocenters. The average molecular weight is 380 g/mol. The Labute approximate surface area is 169 Å². The van der Waals surface area contributed by atoms with Crippen LogP contribution >= 0.6 is 0 Å². The highest BCUT2D eigenvalue weighted by Gasteiger charge is 2.40. The number of rotatable bonds is 6. The zero-order valence-electron chi connectivity index (χ0n) is 17.5. The molecule has 1 atom stereocenters. The number of hydrogen-bond acceptors (Lipinski definition) is 3. The van der Waals surface area contributed by atoms with Gasteiger partial charge in [0.2, 0.25) is 0 Å². The maximum Gasteiger partial charge on any atom is 0.161 e. The van der Waals surface area contributed by atoms with E-state index in [1.807, 2.05) is 0 Å². The molecule has 0 spiro atoms. The van der Waals surface area contributed by atoms with Gasteiger partial charge < -0.3 is 9.47 Å². The molecular formula is C25H33NO2. The first kappa shape index (κ1) is 19.3. The molecule has 2 aliphatic rings. The number of methoxy groups -OCH3 is 1. The third kappa shape index (κ3) is 4.20. The van der Waals surface area contributed by atoms with Crippen LogP contribution in [0.4, 0.5) is 0 Å². The topological polar surface area (TPSA) is 21.7 Å². The highest BCUT2D eigenvalue weighted by atomic mass is 16.5. The summed E-state index contributed by atoms with van der Waals surface area (Å²) in [6.07, 6.45) is 5.21. The predicted molar refractivity (Wildman–Crippen MR) is 114 cm³/mol. The predicted octanol–water partition coefficient (Wildman–Crippen LogP) is 5.64. The highest BCUT2D eigenvalue weighted by Crippen LogP contribution is 2.45. The van der Waals surface area contributed by atoms with Crippen LogP contribution in [0.15, 0.2) is 48.5 Å². The third-order valence-electron chi connectivity index (χ3n) is 6.45. The van der Waals surface area contributed by atoms with Crippen molar-refractivity contribution in [1.29, 1.82) is 0 Å². The minimum Gasteiger partial charge on any atom is -0.493 e. The molecule has 0 amide bonds. The molecule has 0 aromatic heterocycles. The van der Waals surface area contributed by atoms with Crippen LogP contribution in [0.25, 0.3) is 0 Å². The Hall–Kier alpha value is -2.00. The zero-order valence-corrected chi connectivity index (χ0v) is 17.5. The smallest absolute Gasteiger partial charge is 0.161 e. The molecule has 1 saturated heterocycles. The average Bonchev–Trinajstić information content (AvgIpc) is 3.29.